The number of Topliss-reactive ketones (excluding diaryl/α,β-unsaturated/α-hetero) is 1. The molecular weight excluding hydrogens is 380 g/mol. The Labute approximate surface area is 166 Å². The minimum absolute atomic E-state index is 0.0724. The molecule has 0 bridgehead atoms. The smallest absolute Gasteiger partial charge is 0.202 e. The molecule has 0 spiro atoms. The van der Waals surface area contributed by atoms with Crippen molar-refractivity contribution in [3.8, 4) is 34.5 Å². The van der Waals surface area contributed by atoms with Crippen LogP contribution in [-0.2, 0) is 6.42 Å². The van der Waals surface area contributed by atoms with Crippen molar-refractivity contribution in [2.45, 2.75) is 32.5 Å². The topological polar surface area (TPSA) is 137 Å². The number of rotatable bonds is 4. The van der Waals surface area contributed by atoms with E-state index in [-0.39, 0.29) is 40.4 Å². The quantitative estimate of drug-likeness (QED) is 0.389. The first kappa shape index (κ1) is 20.3. The first-order valence-corrected chi connectivity index (χ1v) is 8.85. The summed E-state index contributed by atoms with van der Waals surface area (Å²) in [7, 11) is 1.28. The molecule has 0 radical (unpaired) electrons. The molecule has 5 N–H and O–H groups in total. The highest BCUT2D eigenvalue weighted by atomic mass is 16.5. The monoisotopic (exact) mass is 402 g/mol. The first-order chi connectivity index (χ1) is 13.6. The Hall–Kier alpha value is -3.39. The second kappa shape index (κ2) is 7.56. The molecule has 1 heterocycles. The van der Waals surface area contributed by atoms with Crippen LogP contribution in [0.3, 0.4) is 0 Å². The van der Waals surface area contributed by atoms with Crippen LogP contribution in [0.4, 0.5) is 0 Å². The van der Waals surface area contributed by atoms with E-state index in [1.807, 2.05) is 13.8 Å². The van der Waals surface area contributed by atoms with E-state index in [9.17, 15) is 30.3 Å². The number of carbonyl (C=O) groups excluding carboxylic acids is 1. The maximum absolute atomic E-state index is 12.8. The average molecular weight is 402 g/mol. The molecule has 154 valence electrons. The maximum Gasteiger partial charge on any atom is 0.202 e. The molecule has 1 aliphatic heterocycles. The first-order valence-electron chi connectivity index (χ1n) is 8.85. The molecule has 29 heavy (non-hydrogen) atoms. The van der Waals surface area contributed by atoms with Crippen molar-refractivity contribution < 1.29 is 39.8 Å². The van der Waals surface area contributed by atoms with Crippen molar-refractivity contribution in [2.24, 2.45) is 0 Å². The van der Waals surface area contributed by atoms with E-state index in [0.717, 1.165) is 11.6 Å². The summed E-state index contributed by atoms with van der Waals surface area (Å²) in [4.78, 5) is 12.8. The molecule has 0 saturated carbocycles. The van der Waals surface area contributed by atoms with Crippen molar-refractivity contribution >= 4 is 5.78 Å². The second-order valence-corrected chi connectivity index (χ2v) is 7.02. The van der Waals surface area contributed by atoms with Crippen molar-refractivity contribution in [1.82, 2.24) is 0 Å². The summed E-state index contributed by atoms with van der Waals surface area (Å²) in [5.74, 6) is -2.69. The SMILES string of the molecule is COc1cc([C@H]2Oc3cc(O)c(CC=C(C)C)c(O)c3C(=O)[C@@H]2O)cc(O)c1O. The number of benzene rings is 2. The van der Waals surface area contributed by atoms with Crippen LogP contribution in [0.25, 0.3) is 0 Å². The number of aromatic hydroxyl groups is 4. The lowest BCUT2D eigenvalue weighted by Crippen LogP contribution is -2.36. The minimum atomic E-state index is -1.69. The summed E-state index contributed by atoms with van der Waals surface area (Å²) in [6.45, 7) is 3.72. The number of aliphatic hydroxyl groups is 1. The fraction of sp³-hybridized carbons (Fsp3) is 0.286. The van der Waals surface area contributed by atoms with Gasteiger partial charge in [-0.05, 0) is 32.4 Å². The predicted octanol–water partition coefficient (Wildman–Crippen LogP) is 2.70. The summed E-state index contributed by atoms with van der Waals surface area (Å²) in [6.07, 6.45) is -0.968. The highest BCUT2D eigenvalue weighted by molar-refractivity contribution is 6.06. The number of methoxy groups -OCH3 is 1. The largest absolute Gasteiger partial charge is 0.507 e. The number of ketones is 1. The molecule has 2 aromatic carbocycles. The standard InChI is InChI=1S/C21H22O8/c1-9(2)4-5-11-12(22)8-14-16(17(11)24)19(26)20(27)21(29-14)10-6-13(23)18(25)15(7-10)28-3/h4,6-8,20-25,27H,5H2,1-3H3/t20-,21+/m0/s1. The molecule has 0 aromatic heterocycles. The van der Waals surface area contributed by atoms with Gasteiger partial charge in [-0.2, -0.15) is 0 Å². The predicted molar refractivity (Wildman–Crippen MR) is 103 cm³/mol. The number of allylic oxidation sites excluding steroid dienone is 2. The molecule has 3 rings (SSSR count). The van der Waals surface area contributed by atoms with Crippen LogP contribution in [0.15, 0.2) is 29.8 Å². The van der Waals surface area contributed by atoms with Gasteiger partial charge in [0.2, 0.25) is 11.5 Å². The Morgan fingerprint density at radius 2 is 1.79 bits per heavy atom. The lowest BCUT2D eigenvalue weighted by atomic mass is 9.90. The van der Waals surface area contributed by atoms with Gasteiger partial charge in [-0.25, -0.2) is 0 Å². The zero-order valence-corrected chi connectivity index (χ0v) is 16.1. The highest BCUT2D eigenvalue weighted by Gasteiger charge is 2.40. The van der Waals surface area contributed by atoms with Crippen LogP contribution in [-0.4, -0.2) is 44.5 Å². The summed E-state index contributed by atoms with van der Waals surface area (Å²) in [6, 6.07) is 3.65. The van der Waals surface area contributed by atoms with E-state index in [1.165, 1.54) is 19.2 Å². The Morgan fingerprint density at radius 3 is 2.41 bits per heavy atom. The summed E-state index contributed by atoms with van der Waals surface area (Å²) in [5, 5.41) is 51.0. The lowest BCUT2D eigenvalue weighted by Gasteiger charge is -2.31. The van der Waals surface area contributed by atoms with Crippen molar-refractivity contribution in [2.75, 3.05) is 7.11 Å². The third kappa shape index (κ3) is 3.54. The zero-order chi connectivity index (χ0) is 21.5. The molecule has 2 aromatic rings. The van der Waals surface area contributed by atoms with Gasteiger partial charge in [-0.1, -0.05) is 11.6 Å². The number of carbonyl (C=O) groups is 1. The molecule has 0 amide bonds. The third-order valence-electron chi connectivity index (χ3n) is 4.74. The number of ether oxygens (including phenoxy) is 2. The van der Waals surface area contributed by atoms with Gasteiger partial charge in [0.05, 0.1) is 7.11 Å². The number of phenolic OH excluding ortho intramolecular Hbond substituents is 4. The van der Waals surface area contributed by atoms with E-state index < -0.39 is 35.2 Å². The van der Waals surface area contributed by atoms with Crippen LogP contribution >= 0.6 is 0 Å². The Kier molecular flexibility index (Phi) is 5.30. The second-order valence-electron chi connectivity index (χ2n) is 7.02. The van der Waals surface area contributed by atoms with Crippen LogP contribution < -0.4 is 9.47 Å². The van der Waals surface area contributed by atoms with Gasteiger partial charge < -0.3 is 35.0 Å². The third-order valence-corrected chi connectivity index (χ3v) is 4.74. The molecule has 8 heteroatoms. The zero-order valence-electron chi connectivity index (χ0n) is 16.1. The number of hydrogen-bond donors (Lipinski definition) is 5. The van der Waals surface area contributed by atoms with Gasteiger partial charge in [0, 0.05) is 17.2 Å². The van der Waals surface area contributed by atoms with Gasteiger partial charge in [0.15, 0.2) is 23.7 Å². The van der Waals surface area contributed by atoms with Gasteiger partial charge in [0.1, 0.15) is 22.8 Å². The summed E-state index contributed by atoms with van der Waals surface area (Å²) < 4.78 is 10.7. The normalized spacial score (nSPS) is 18.0. The van der Waals surface area contributed by atoms with Crippen molar-refractivity contribution in [3.63, 3.8) is 0 Å². The van der Waals surface area contributed by atoms with Gasteiger partial charge in [-0.3, -0.25) is 4.79 Å². The van der Waals surface area contributed by atoms with E-state index >= 15 is 0 Å². The van der Waals surface area contributed by atoms with E-state index in [4.69, 9.17) is 9.47 Å². The van der Waals surface area contributed by atoms with Crippen molar-refractivity contribution in [1.29, 1.82) is 0 Å². The Balaban J connectivity index is 2.08. The number of aliphatic hydroxyl groups excluding tert-OH is 1. The van der Waals surface area contributed by atoms with Crippen LogP contribution in [0.5, 0.6) is 34.5 Å². The summed E-state index contributed by atoms with van der Waals surface area (Å²) >= 11 is 0. The van der Waals surface area contributed by atoms with Gasteiger partial charge >= 0.3 is 0 Å². The lowest BCUT2D eigenvalue weighted by molar-refractivity contribution is 0.0208. The molecule has 0 fully saturated rings. The van der Waals surface area contributed by atoms with Crippen LogP contribution in [0.1, 0.15) is 41.4 Å². The van der Waals surface area contributed by atoms with Crippen molar-refractivity contribution in [3.05, 3.63) is 46.5 Å². The van der Waals surface area contributed by atoms with E-state index in [0.29, 0.717) is 0 Å². The van der Waals surface area contributed by atoms with Crippen LogP contribution in [0.2, 0.25) is 0 Å². The molecule has 8 nitrogen and oxygen atoms in total. The molecule has 1 aliphatic rings. The number of fused-ring (bicyclic) bond motifs is 1. The molecule has 0 unspecified atom stereocenters. The number of hydrogen-bond acceptors (Lipinski definition) is 8. The highest BCUT2D eigenvalue weighted by Crippen LogP contribution is 2.46. The number of phenols is 4. The van der Waals surface area contributed by atoms with Gasteiger partial charge in [0.25, 0.3) is 0 Å². The molecular formula is C21H22O8. The average Bonchev–Trinajstić information content (AvgIpc) is 2.66. The Morgan fingerprint density at radius 1 is 1.10 bits per heavy atom. The van der Waals surface area contributed by atoms with E-state index in [1.54, 1.807) is 6.08 Å². The molecule has 0 saturated heterocycles. The minimum Gasteiger partial charge on any atom is -0.507 e. The fourth-order valence-corrected chi connectivity index (χ4v) is 3.18. The van der Waals surface area contributed by atoms with Crippen LogP contribution in [0, 0.1) is 0 Å². The maximum atomic E-state index is 12.8. The van der Waals surface area contributed by atoms with E-state index in [2.05, 4.69) is 0 Å². The Bertz CT molecular complexity index is 1000. The summed E-state index contributed by atoms with van der Waals surface area (Å²) in [5.41, 5.74) is 1.05. The fourth-order valence-electron chi connectivity index (χ4n) is 3.18. The van der Waals surface area contributed by atoms with Gasteiger partial charge in [-0.15, -0.1) is 0 Å². The molecule has 0 aliphatic carbocycles. The molecule has 2 atom stereocenters.